The monoisotopic (exact) mass is 376 g/mol. The number of hydrogen-bond donors (Lipinski definition) is 2. The Morgan fingerprint density at radius 3 is 2.81 bits per heavy atom. The van der Waals surface area contributed by atoms with Crippen LogP contribution in [0.15, 0.2) is 4.99 Å². The summed E-state index contributed by atoms with van der Waals surface area (Å²) in [7, 11) is 4.39. The minimum atomic E-state index is 0.337. The molecule has 1 aromatic heterocycles. The summed E-state index contributed by atoms with van der Waals surface area (Å²) in [4.78, 5) is 14.4. The number of aliphatic imine (C=N–C) groups is 1. The van der Waals surface area contributed by atoms with Crippen LogP contribution in [0.3, 0.4) is 0 Å². The number of nitrogens with zero attached hydrogens (tertiary/aromatic N) is 6. The van der Waals surface area contributed by atoms with E-state index >= 15 is 0 Å². The van der Waals surface area contributed by atoms with E-state index in [1.54, 1.807) is 0 Å². The zero-order valence-electron chi connectivity index (χ0n) is 17.6. The molecule has 1 saturated heterocycles. The van der Waals surface area contributed by atoms with Gasteiger partial charge in [-0.1, -0.05) is 13.8 Å². The van der Waals surface area contributed by atoms with Gasteiger partial charge in [0.2, 0.25) is 0 Å². The lowest BCUT2D eigenvalue weighted by Gasteiger charge is -2.37. The molecule has 27 heavy (non-hydrogen) atoms. The minimum Gasteiger partial charge on any atom is -0.357 e. The van der Waals surface area contributed by atoms with Crippen LogP contribution in [0.5, 0.6) is 0 Å². The van der Waals surface area contributed by atoms with Crippen LogP contribution in [0.2, 0.25) is 0 Å². The van der Waals surface area contributed by atoms with E-state index < -0.39 is 0 Å². The van der Waals surface area contributed by atoms with Crippen molar-refractivity contribution >= 4 is 5.96 Å². The van der Waals surface area contributed by atoms with Crippen molar-refractivity contribution < 1.29 is 0 Å². The molecule has 0 radical (unpaired) electrons. The SMILES string of the molecule is CCNC(=NCC1CN(C)CCN1C)NC1CCc2nc(C(C)C)nn2C1. The van der Waals surface area contributed by atoms with E-state index in [0.717, 1.165) is 69.7 Å². The van der Waals surface area contributed by atoms with Gasteiger partial charge in [-0.05, 0) is 27.4 Å². The van der Waals surface area contributed by atoms with Crippen molar-refractivity contribution in [2.45, 2.75) is 58.2 Å². The molecule has 2 atom stereocenters. The standard InChI is InChI=1S/C19H36N8/c1-6-20-19(21-11-16-13-25(4)9-10-26(16)5)22-15-7-8-17-23-18(14(2)3)24-27(17)12-15/h14-16H,6-13H2,1-5H3,(H2,20,21,22). The van der Waals surface area contributed by atoms with Crippen LogP contribution in [0.1, 0.15) is 44.8 Å². The molecule has 3 heterocycles. The Balaban J connectivity index is 1.60. The highest BCUT2D eigenvalue weighted by molar-refractivity contribution is 5.80. The Labute approximate surface area is 163 Å². The molecule has 1 aromatic rings. The van der Waals surface area contributed by atoms with Crippen LogP contribution in [0.4, 0.5) is 0 Å². The fourth-order valence-corrected chi connectivity index (χ4v) is 3.70. The molecule has 152 valence electrons. The second-order valence-electron chi connectivity index (χ2n) is 8.22. The maximum atomic E-state index is 4.89. The van der Waals surface area contributed by atoms with E-state index in [-0.39, 0.29) is 0 Å². The third-order valence-corrected chi connectivity index (χ3v) is 5.52. The number of piperazine rings is 1. The number of hydrogen-bond acceptors (Lipinski definition) is 5. The summed E-state index contributed by atoms with van der Waals surface area (Å²) in [6, 6.07) is 0.810. The Hall–Kier alpha value is -1.67. The zero-order valence-corrected chi connectivity index (χ0v) is 17.6. The Bertz CT molecular complexity index is 638. The van der Waals surface area contributed by atoms with Gasteiger partial charge in [0.1, 0.15) is 5.82 Å². The van der Waals surface area contributed by atoms with Gasteiger partial charge in [0.05, 0.1) is 13.1 Å². The van der Waals surface area contributed by atoms with Gasteiger partial charge in [-0.3, -0.25) is 9.89 Å². The zero-order chi connectivity index (χ0) is 19.4. The second-order valence-corrected chi connectivity index (χ2v) is 8.22. The van der Waals surface area contributed by atoms with Crippen LogP contribution in [0, 0.1) is 0 Å². The minimum absolute atomic E-state index is 0.337. The van der Waals surface area contributed by atoms with Crippen LogP contribution < -0.4 is 10.6 Å². The molecule has 2 aliphatic rings. The first-order valence-corrected chi connectivity index (χ1v) is 10.3. The van der Waals surface area contributed by atoms with Gasteiger partial charge >= 0.3 is 0 Å². The smallest absolute Gasteiger partial charge is 0.191 e. The molecule has 0 aliphatic carbocycles. The molecule has 1 fully saturated rings. The van der Waals surface area contributed by atoms with Crippen molar-refractivity contribution in [3.63, 3.8) is 0 Å². The highest BCUT2D eigenvalue weighted by Crippen LogP contribution is 2.17. The van der Waals surface area contributed by atoms with E-state index in [1.807, 2.05) is 0 Å². The summed E-state index contributed by atoms with van der Waals surface area (Å²) in [6.45, 7) is 12.3. The molecule has 0 aromatic carbocycles. The molecular weight excluding hydrogens is 340 g/mol. The summed E-state index contributed by atoms with van der Waals surface area (Å²) >= 11 is 0. The lowest BCUT2D eigenvalue weighted by molar-refractivity contribution is 0.119. The highest BCUT2D eigenvalue weighted by Gasteiger charge is 2.24. The maximum Gasteiger partial charge on any atom is 0.191 e. The average molecular weight is 377 g/mol. The molecule has 3 rings (SSSR count). The van der Waals surface area contributed by atoms with Gasteiger partial charge in [-0.2, -0.15) is 5.10 Å². The Morgan fingerprint density at radius 1 is 1.26 bits per heavy atom. The molecule has 0 bridgehead atoms. The average Bonchev–Trinajstić information content (AvgIpc) is 3.06. The number of rotatable bonds is 5. The largest absolute Gasteiger partial charge is 0.357 e. The van der Waals surface area contributed by atoms with Crippen LogP contribution in [-0.4, -0.2) is 89.4 Å². The summed E-state index contributed by atoms with van der Waals surface area (Å²) in [6.07, 6.45) is 2.03. The number of nitrogens with one attached hydrogen (secondary N) is 2. The predicted molar refractivity (Wildman–Crippen MR) is 109 cm³/mol. The Kier molecular flexibility index (Phi) is 6.70. The number of fused-ring (bicyclic) bond motifs is 1. The molecule has 0 saturated carbocycles. The second kappa shape index (κ2) is 9.01. The first kappa shape index (κ1) is 20.1. The topological polar surface area (TPSA) is 73.6 Å². The third-order valence-electron chi connectivity index (χ3n) is 5.52. The van der Waals surface area contributed by atoms with Crippen molar-refractivity contribution in [1.82, 2.24) is 35.2 Å². The Morgan fingerprint density at radius 2 is 2.07 bits per heavy atom. The molecule has 2 N–H and O–H groups in total. The van der Waals surface area contributed by atoms with E-state index in [1.165, 1.54) is 0 Å². The van der Waals surface area contributed by atoms with Gasteiger partial charge in [-0.25, -0.2) is 9.67 Å². The predicted octanol–water partition coefficient (Wildman–Crippen LogP) is 0.517. The summed E-state index contributed by atoms with van der Waals surface area (Å²) in [5.41, 5.74) is 0. The van der Waals surface area contributed by atoms with Crippen LogP contribution in [0.25, 0.3) is 0 Å². The quantitative estimate of drug-likeness (QED) is 0.576. The first-order valence-electron chi connectivity index (χ1n) is 10.3. The summed E-state index contributed by atoms with van der Waals surface area (Å²) in [5.74, 6) is 3.36. The van der Waals surface area contributed by atoms with Crippen molar-refractivity contribution in [2.24, 2.45) is 4.99 Å². The highest BCUT2D eigenvalue weighted by atomic mass is 15.4. The van der Waals surface area contributed by atoms with Gasteiger partial charge in [0, 0.05) is 50.6 Å². The fraction of sp³-hybridized carbons (Fsp3) is 0.842. The number of likely N-dealkylation sites (N-methyl/N-ethyl adjacent to an activating group) is 2. The first-order chi connectivity index (χ1) is 13.0. The number of guanidine groups is 1. The lowest BCUT2D eigenvalue weighted by atomic mass is 10.1. The molecule has 2 unspecified atom stereocenters. The lowest BCUT2D eigenvalue weighted by Crippen LogP contribution is -2.52. The summed E-state index contributed by atoms with van der Waals surface area (Å²) in [5, 5.41) is 11.7. The van der Waals surface area contributed by atoms with Gasteiger partial charge in [0.25, 0.3) is 0 Å². The van der Waals surface area contributed by atoms with E-state index in [9.17, 15) is 0 Å². The van der Waals surface area contributed by atoms with E-state index in [2.05, 4.69) is 70.1 Å². The molecule has 2 aliphatic heterocycles. The van der Waals surface area contributed by atoms with Crippen LogP contribution >= 0.6 is 0 Å². The van der Waals surface area contributed by atoms with Crippen molar-refractivity contribution in [3.05, 3.63) is 11.6 Å². The van der Waals surface area contributed by atoms with Gasteiger partial charge < -0.3 is 15.5 Å². The number of aromatic nitrogens is 3. The molecule has 8 heteroatoms. The number of aryl methyl sites for hydroxylation is 1. The maximum absolute atomic E-state index is 4.89. The van der Waals surface area contributed by atoms with Crippen LogP contribution in [-0.2, 0) is 13.0 Å². The van der Waals surface area contributed by atoms with E-state index in [4.69, 9.17) is 4.99 Å². The van der Waals surface area contributed by atoms with Gasteiger partial charge in [-0.15, -0.1) is 0 Å². The molecular formula is C19H36N8. The van der Waals surface area contributed by atoms with Crippen molar-refractivity contribution in [1.29, 1.82) is 0 Å². The van der Waals surface area contributed by atoms with E-state index in [0.29, 0.717) is 18.0 Å². The normalized spacial score (nSPS) is 24.9. The van der Waals surface area contributed by atoms with Gasteiger partial charge in [0.15, 0.2) is 11.8 Å². The summed E-state index contributed by atoms with van der Waals surface area (Å²) < 4.78 is 2.07. The molecule has 0 spiro atoms. The molecule has 8 nitrogen and oxygen atoms in total. The third kappa shape index (κ3) is 5.19. The van der Waals surface area contributed by atoms with Crippen molar-refractivity contribution in [3.8, 4) is 0 Å². The van der Waals surface area contributed by atoms with Crippen molar-refractivity contribution in [2.75, 3.05) is 46.8 Å². The molecule has 0 amide bonds. The fourth-order valence-electron chi connectivity index (χ4n) is 3.70.